The van der Waals surface area contributed by atoms with Crippen LogP contribution < -0.4 is 15.5 Å². The van der Waals surface area contributed by atoms with E-state index in [4.69, 9.17) is 0 Å². The average Bonchev–Trinajstić information content (AvgIpc) is 2.77. The third-order valence-corrected chi connectivity index (χ3v) is 4.81. The van der Waals surface area contributed by atoms with Gasteiger partial charge in [-0.15, -0.1) is 0 Å². The highest BCUT2D eigenvalue weighted by Crippen LogP contribution is 2.21. The number of carbonyl (C=O) groups is 1. The number of hydrogen-bond donors (Lipinski definition) is 2. The van der Waals surface area contributed by atoms with Crippen LogP contribution in [-0.4, -0.2) is 52.1 Å². The molecule has 0 atom stereocenters. The van der Waals surface area contributed by atoms with Crippen LogP contribution in [0.25, 0.3) is 0 Å². The summed E-state index contributed by atoms with van der Waals surface area (Å²) in [4.78, 5) is 29.2. The Hall–Kier alpha value is -3.82. The molecular formula is C21H21F2N7O. The number of anilines is 4. The number of halogens is 2. The average molecular weight is 425 g/mol. The van der Waals surface area contributed by atoms with E-state index in [1.165, 1.54) is 0 Å². The SMILES string of the molecule is Cc1nc(Nc2ccccn2)cc(N2CCN(C(=O)Nc3cc(F)ccc3F)CC2)n1. The van der Waals surface area contributed by atoms with Gasteiger partial charge in [-0.25, -0.2) is 28.5 Å². The van der Waals surface area contributed by atoms with Crippen LogP contribution >= 0.6 is 0 Å². The Morgan fingerprint density at radius 2 is 1.81 bits per heavy atom. The lowest BCUT2D eigenvalue weighted by Crippen LogP contribution is -2.50. The van der Waals surface area contributed by atoms with Crippen LogP contribution in [-0.2, 0) is 0 Å². The lowest BCUT2D eigenvalue weighted by molar-refractivity contribution is 0.208. The molecule has 1 saturated heterocycles. The maximum Gasteiger partial charge on any atom is 0.322 e. The number of benzene rings is 1. The summed E-state index contributed by atoms with van der Waals surface area (Å²) in [6.45, 7) is 3.71. The number of nitrogens with zero attached hydrogens (tertiary/aromatic N) is 5. The van der Waals surface area contributed by atoms with Gasteiger partial charge >= 0.3 is 6.03 Å². The number of rotatable bonds is 4. The summed E-state index contributed by atoms with van der Waals surface area (Å²) in [7, 11) is 0. The zero-order valence-electron chi connectivity index (χ0n) is 16.8. The molecular weight excluding hydrogens is 404 g/mol. The third kappa shape index (κ3) is 5.03. The first-order valence-corrected chi connectivity index (χ1v) is 9.77. The number of aromatic nitrogens is 3. The summed E-state index contributed by atoms with van der Waals surface area (Å²) in [5.41, 5.74) is -0.177. The van der Waals surface area contributed by atoms with Crippen molar-refractivity contribution in [2.75, 3.05) is 41.7 Å². The van der Waals surface area contributed by atoms with Gasteiger partial charge in [-0.05, 0) is 31.2 Å². The predicted octanol–water partition coefficient (Wildman–Crippen LogP) is 3.56. The molecule has 0 spiro atoms. The van der Waals surface area contributed by atoms with E-state index in [-0.39, 0.29) is 5.69 Å². The van der Waals surface area contributed by atoms with Gasteiger partial charge in [0, 0.05) is 44.5 Å². The molecule has 0 bridgehead atoms. The van der Waals surface area contributed by atoms with Crippen LogP contribution in [0.3, 0.4) is 0 Å². The fraction of sp³-hybridized carbons (Fsp3) is 0.238. The lowest BCUT2D eigenvalue weighted by atomic mass is 10.3. The van der Waals surface area contributed by atoms with E-state index in [1.807, 2.05) is 36.1 Å². The van der Waals surface area contributed by atoms with Crippen LogP contribution in [0.5, 0.6) is 0 Å². The van der Waals surface area contributed by atoms with Crippen molar-refractivity contribution in [3.05, 3.63) is 66.1 Å². The molecule has 1 aliphatic rings. The summed E-state index contributed by atoms with van der Waals surface area (Å²) in [6.07, 6.45) is 1.69. The van der Waals surface area contributed by atoms with Crippen molar-refractivity contribution in [1.82, 2.24) is 19.9 Å². The van der Waals surface area contributed by atoms with Crippen molar-refractivity contribution in [2.24, 2.45) is 0 Å². The minimum Gasteiger partial charge on any atom is -0.353 e. The lowest BCUT2D eigenvalue weighted by Gasteiger charge is -2.35. The summed E-state index contributed by atoms with van der Waals surface area (Å²) < 4.78 is 27.1. The molecule has 0 aliphatic carbocycles. The van der Waals surface area contributed by atoms with Gasteiger partial charge in [0.1, 0.15) is 34.9 Å². The van der Waals surface area contributed by atoms with Crippen LogP contribution in [0.2, 0.25) is 0 Å². The highest BCUT2D eigenvalue weighted by molar-refractivity contribution is 5.89. The molecule has 2 aromatic heterocycles. The highest BCUT2D eigenvalue weighted by atomic mass is 19.1. The monoisotopic (exact) mass is 425 g/mol. The zero-order chi connectivity index (χ0) is 21.8. The minimum atomic E-state index is -0.683. The Kier molecular flexibility index (Phi) is 5.87. The van der Waals surface area contributed by atoms with Gasteiger partial charge in [-0.1, -0.05) is 6.07 Å². The first-order chi connectivity index (χ1) is 15.0. The second kappa shape index (κ2) is 8.90. The number of urea groups is 1. The van der Waals surface area contributed by atoms with Crippen LogP contribution in [0, 0.1) is 18.6 Å². The molecule has 2 N–H and O–H groups in total. The van der Waals surface area contributed by atoms with Crippen LogP contribution in [0.4, 0.5) is 36.7 Å². The summed E-state index contributed by atoms with van der Waals surface area (Å²) in [5.74, 6) is 1.36. The number of piperazine rings is 1. The maximum absolute atomic E-state index is 13.8. The first kappa shape index (κ1) is 20.5. The fourth-order valence-electron chi connectivity index (χ4n) is 3.27. The molecule has 1 aliphatic heterocycles. The fourth-order valence-corrected chi connectivity index (χ4v) is 3.27. The molecule has 160 valence electrons. The Bertz CT molecular complexity index is 1070. The zero-order valence-corrected chi connectivity index (χ0v) is 16.8. The summed E-state index contributed by atoms with van der Waals surface area (Å²) in [5, 5.41) is 5.59. The van der Waals surface area contributed by atoms with Gasteiger partial charge in [-0.3, -0.25) is 0 Å². The van der Waals surface area contributed by atoms with Gasteiger partial charge < -0.3 is 20.4 Å². The Morgan fingerprint density at radius 1 is 1.00 bits per heavy atom. The molecule has 31 heavy (non-hydrogen) atoms. The van der Waals surface area contributed by atoms with E-state index < -0.39 is 17.7 Å². The van der Waals surface area contributed by atoms with E-state index in [2.05, 4.69) is 25.6 Å². The van der Waals surface area contributed by atoms with E-state index in [1.54, 1.807) is 11.1 Å². The second-order valence-corrected chi connectivity index (χ2v) is 7.03. The first-order valence-electron chi connectivity index (χ1n) is 9.77. The van der Waals surface area contributed by atoms with Gasteiger partial charge in [0.25, 0.3) is 0 Å². The molecule has 3 aromatic rings. The molecule has 1 aromatic carbocycles. The molecule has 2 amide bonds. The number of carbonyl (C=O) groups excluding carboxylic acids is 1. The number of amides is 2. The molecule has 0 radical (unpaired) electrons. The van der Waals surface area contributed by atoms with E-state index >= 15 is 0 Å². The molecule has 10 heteroatoms. The molecule has 0 saturated carbocycles. The highest BCUT2D eigenvalue weighted by Gasteiger charge is 2.23. The smallest absolute Gasteiger partial charge is 0.322 e. The van der Waals surface area contributed by atoms with E-state index in [0.717, 1.165) is 24.0 Å². The number of aryl methyl sites for hydroxylation is 1. The van der Waals surface area contributed by atoms with Gasteiger partial charge in [-0.2, -0.15) is 0 Å². The topological polar surface area (TPSA) is 86.3 Å². The Morgan fingerprint density at radius 3 is 2.55 bits per heavy atom. The number of pyridine rings is 1. The molecule has 3 heterocycles. The normalized spacial score (nSPS) is 13.8. The summed E-state index contributed by atoms with van der Waals surface area (Å²) >= 11 is 0. The van der Waals surface area contributed by atoms with Crippen molar-refractivity contribution >= 4 is 29.2 Å². The second-order valence-electron chi connectivity index (χ2n) is 7.03. The van der Waals surface area contributed by atoms with Crippen LogP contribution in [0.15, 0.2) is 48.7 Å². The van der Waals surface area contributed by atoms with E-state index in [9.17, 15) is 13.6 Å². The predicted molar refractivity (Wildman–Crippen MR) is 113 cm³/mol. The standard InChI is InChI=1S/C21H21F2N7O/c1-14-25-19(28-18-4-2-3-7-24-18)13-20(26-14)29-8-10-30(11-9-29)21(31)27-17-12-15(22)5-6-16(17)23/h2-7,12-13H,8-11H2,1H3,(H,27,31)(H,24,25,26,28). The Labute approximate surface area is 178 Å². The number of hydrogen-bond acceptors (Lipinski definition) is 6. The molecule has 1 fully saturated rings. The quantitative estimate of drug-likeness (QED) is 0.665. The van der Waals surface area contributed by atoms with Crippen molar-refractivity contribution in [1.29, 1.82) is 0 Å². The van der Waals surface area contributed by atoms with Crippen molar-refractivity contribution in [3.8, 4) is 0 Å². The van der Waals surface area contributed by atoms with Crippen molar-refractivity contribution < 1.29 is 13.6 Å². The van der Waals surface area contributed by atoms with Crippen molar-refractivity contribution in [3.63, 3.8) is 0 Å². The number of nitrogens with one attached hydrogen (secondary N) is 2. The maximum atomic E-state index is 13.8. The van der Waals surface area contributed by atoms with Gasteiger partial charge in [0.2, 0.25) is 0 Å². The summed E-state index contributed by atoms with van der Waals surface area (Å²) in [6, 6.07) is 9.87. The largest absolute Gasteiger partial charge is 0.353 e. The molecule has 0 unspecified atom stereocenters. The van der Waals surface area contributed by atoms with Gasteiger partial charge in [0.15, 0.2) is 0 Å². The van der Waals surface area contributed by atoms with Crippen molar-refractivity contribution in [2.45, 2.75) is 6.92 Å². The van der Waals surface area contributed by atoms with Crippen LogP contribution in [0.1, 0.15) is 5.82 Å². The molecule has 8 nitrogen and oxygen atoms in total. The molecule has 4 rings (SSSR count). The minimum absolute atomic E-state index is 0.177. The Balaban J connectivity index is 1.39. The van der Waals surface area contributed by atoms with E-state index in [0.29, 0.717) is 43.6 Å². The van der Waals surface area contributed by atoms with Gasteiger partial charge in [0.05, 0.1) is 5.69 Å². The third-order valence-electron chi connectivity index (χ3n) is 4.81.